The van der Waals surface area contributed by atoms with Crippen molar-refractivity contribution in [3.8, 4) is 0 Å². The van der Waals surface area contributed by atoms with E-state index in [0.29, 0.717) is 0 Å². The Bertz CT molecular complexity index is 545. The first-order valence-electron chi connectivity index (χ1n) is 6.89. The van der Waals surface area contributed by atoms with Crippen LogP contribution in [-0.2, 0) is 6.54 Å². The summed E-state index contributed by atoms with van der Waals surface area (Å²) in [5, 5.41) is 5.60. The van der Waals surface area contributed by atoms with Gasteiger partial charge in [-0.05, 0) is 37.5 Å². The number of likely N-dealkylation sites (tertiary alicyclic amines) is 1. The second kappa shape index (κ2) is 5.84. The zero-order valence-electron chi connectivity index (χ0n) is 10.9. The first kappa shape index (κ1) is 12.8. The molecule has 0 N–H and O–H groups in total. The van der Waals surface area contributed by atoms with Gasteiger partial charge in [-0.2, -0.15) is 10.1 Å². The smallest absolute Gasteiger partial charge is 0.224 e. The van der Waals surface area contributed by atoms with E-state index in [2.05, 4.69) is 20.0 Å². The van der Waals surface area contributed by atoms with Gasteiger partial charge in [0.05, 0.1) is 18.1 Å². The van der Waals surface area contributed by atoms with Gasteiger partial charge in [-0.1, -0.05) is 12.8 Å². The lowest BCUT2D eigenvalue weighted by atomic mass is 10.2. The van der Waals surface area contributed by atoms with Crippen LogP contribution < -0.4 is 0 Å². The van der Waals surface area contributed by atoms with Gasteiger partial charge in [-0.3, -0.25) is 0 Å². The Hall–Kier alpha value is -1.20. The molecule has 0 aliphatic carbocycles. The number of rotatable bonds is 3. The molecule has 3 heterocycles. The first-order valence-corrected chi connectivity index (χ1v) is 7.27. The summed E-state index contributed by atoms with van der Waals surface area (Å²) in [6, 6.07) is 0. The third-order valence-corrected chi connectivity index (χ3v) is 3.86. The molecule has 6 heteroatoms. The molecule has 0 radical (unpaired) electrons. The minimum atomic E-state index is 0.282. The van der Waals surface area contributed by atoms with Crippen molar-refractivity contribution in [2.45, 2.75) is 32.2 Å². The van der Waals surface area contributed by atoms with Crippen LogP contribution in [0, 0.1) is 0 Å². The van der Waals surface area contributed by atoms with Gasteiger partial charge < -0.3 is 4.90 Å². The van der Waals surface area contributed by atoms with Gasteiger partial charge >= 0.3 is 0 Å². The van der Waals surface area contributed by atoms with Gasteiger partial charge in [0, 0.05) is 12.7 Å². The lowest BCUT2D eigenvalue weighted by Crippen LogP contribution is -2.28. The molecule has 0 atom stereocenters. The van der Waals surface area contributed by atoms with Gasteiger partial charge in [-0.25, -0.2) is 9.67 Å². The Kier molecular flexibility index (Phi) is 3.94. The fourth-order valence-electron chi connectivity index (χ4n) is 2.61. The van der Waals surface area contributed by atoms with Crippen LogP contribution in [0.5, 0.6) is 0 Å². The van der Waals surface area contributed by atoms with E-state index in [9.17, 15) is 0 Å². The fraction of sp³-hybridized carbons (Fsp3) is 0.615. The standard InChI is InChI=1S/C13H18ClN5/c14-13-15-9-11-10-16-19(12(11)17-13)8-7-18-5-3-1-2-4-6-18/h9-10H,1-8H2. The van der Waals surface area contributed by atoms with Gasteiger partial charge in [0.15, 0.2) is 5.65 Å². The lowest BCUT2D eigenvalue weighted by Gasteiger charge is -2.19. The largest absolute Gasteiger partial charge is 0.301 e. The fourth-order valence-corrected chi connectivity index (χ4v) is 2.73. The SMILES string of the molecule is Clc1ncc2cnn(CCN3CCCCCC3)c2n1. The summed E-state index contributed by atoms with van der Waals surface area (Å²) in [6.45, 7) is 4.29. The Morgan fingerprint density at radius 2 is 1.84 bits per heavy atom. The number of hydrogen-bond acceptors (Lipinski definition) is 4. The normalized spacial score (nSPS) is 17.7. The molecule has 1 saturated heterocycles. The van der Waals surface area contributed by atoms with Crippen LogP contribution in [0.2, 0.25) is 5.28 Å². The molecule has 1 aliphatic rings. The Balaban J connectivity index is 1.69. The van der Waals surface area contributed by atoms with Crippen molar-refractivity contribution >= 4 is 22.6 Å². The second-order valence-electron chi connectivity index (χ2n) is 5.04. The molecular formula is C13H18ClN5. The third kappa shape index (κ3) is 3.04. The zero-order chi connectivity index (χ0) is 13.1. The molecule has 0 saturated carbocycles. The average Bonchev–Trinajstić information content (AvgIpc) is 2.63. The maximum atomic E-state index is 5.84. The van der Waals surface area contributed by atoms with Crippen LogP contribution >= 0.6 is 11.6 Å². The molecule has 2 aromatic heterocycles. The lowest BCUT2D eigenvalue weighted by molar-refractivity contribution is 0.270. The number of halogens is 1. The average molecular weight is 280 g/mol. The van der Waals surface area contributed by atoms with Gasteiger partial charge in [0.25, 0.3) is 0 Å². The van der Waals surface area contributed by atoms with Crippen molar-refractivity contribution < 1.29 is 0 Å². The van der Waals surface area contributed by atoms with Crippen LogP contribution in [0.25, 0.3) is 11.0 Å². The van der Waals surface area contributed by atoms with E-state index in [1.165, 1.54) is 38.8 Å². The van der Waals surface area contributed by atoms with E-state index >= 15 is 0 Å². The summed E-state index contributed by atoms with van der Waals surface area (Å²) in [5.41, 5.74) is 0.829. The Morgan fingerprint density at radius 1 is 1.05 bits per heavy atom. The van der Waals surface area contributed by atoms with Gasteiger partial charge in [0.2, 0.25) is 5.28 Å². The molecular weight excluding hydrogens is 262 g/mol. The molecule has 1 aliphatic heterocycles. The van der Waals surface area contributed by atoms with Crippen molar-refractivity contribution in [3.05, 3.63) is 17.7 Å². The van der Waals surface area contributed by atoms with E-state index < -0.39 is 0 Å². The van der Waals surface area contributed by atoms with E-state index in [0.717, 1.165) is 24.1 Å². The number of nitrogens with zero attached hydrogens (tertiary/aromatic N) is 5. The summed E-state index contributed by atoms with van der Waals surface area (Å²) in [7, 11) is 0. The van der Waals surface area contributed by atoms with E-state index in [4.69, 9.17) is 11.6 Å². The highest BCUT2D eigenvalue weighted by atomic mass is 35.5. The van der Waals surface area contributed by atoms with Crippen LogP contribution in [0.3, 0.4) is 0 Å². The molecule has 5 nitrogen and oxygen atoms in total. The molecule has 0 bridgehead atoms. The topological polar surface area (TPSA) is 46.8 Å². The minimum absolute atomic E-state index is 0.282. The highest BCUT2D eigenvalue weighted by molar-refractivity contribution is 6.28. The zero-order valence-corrected chi connectivity index (χ0v) is 11.7. The molecule has 3 rings (SSSR count). The predicted octanol–water partition coefficient (Wildman–Crippen LogP) is 2.36. The summed E-state index contributed by atoms with van der Waals surface area (Å²) in [6.07, 6.45) is 8.88. The highest BCUT2D eigenvalue weighted by Gasteiger charge is 2.10. The first-order chi connectivity index (χ1) is 9.33. The number of hydrogen-bond donors (Lipinski definition) is 0. The molecule has 1 fully saturated rings. The molecule has 0 unspecified atom stereocenters. The maximum absolute atomic E-state index is 5.84. The number of aromatic nitrogens is 4. The van der Waals surface area contributed by atoms with Crippen LogP contribution in [0.1, 0.15) is 25.7 Å². The van der Waals surface area contributed by atoms with Gasteiger partial charge in [-0.15, -0.1) is 0 Å². The van der Waals surface area contributed by atoms with Crippen molar-refractivity contribution in [2.24, 2.45) is 0 Å². The molecule has 0 spiro atoms. The molecule has 0 amide bonds. The van der Waals surface area contributed by atoms with Crippen LogP contribution in [-0.4, -0.2) is 44.3 Å². The van der Waals surface area contributed by atoms with Crippen molar-refractivity contribution in [3.63, 3.8) is 0 Å². The molecule has 19 heavy (non-hydrogen) atoms. The monoisotopic (exact) mass is 279 g/mol. The van der Waals surface area contributed by atoms with E-state index in [1.54, 1.807) is 12.4 Å². The summed E-state index contributed by atoms with van der Waals surface area (Å²) < 4.78 is 1.92. The van der Waals surface area contributed by atoms with Gasteiger partial charge in [0.1, 0.15) is 0 Å². The molecule has 102 valence electrons. The molecule has 2 aromatic rings. The van der Waals surface area contributed by atoms with Crippen LogP contribution in [0.4, 0.5) is 0 Å². The predicted molar refractivity (Wildman–Crippen MR) is 75.2 cm³/mol. The summed E-state index contributed by atoms with van der Waals surface area (Å²) in [4.78, 5) is 10.7. The highest BCUT2D eigenvalue weighted by Crippen LogP contribution is 2.13. The molecule has 0 aromatic carbocycles. The van der Waals surface area contributed by atoms with E-state index in [-0.39, 0.29) is 5.28 Å². The van der Waals surface area contributed by atoms with Crippen molar-refractivity contribution in [1.29, 1.82) is 0 Å². The van der Waals surface area contributed by atoms with Crippen molar-refractivity contribution in [1.82, 2.24) is 24.6 Å². The van der Waals surface area contributed by atoms with Crippen molar-refractivity contribution in [2.75, 3.05) is 19.6 Å². The van der Waals surface area contributed by atoms with Crippen LogP contribution in [0.15, 0.2) is 12.4 Å². The third-order valence-electron chi connectivity index (χ3n) is 3.67. The summed E-state index contributed by atoms with van der Waals surface area (Å²) >= 11 is 5.84. The van der Waals surface area contributed by atoms with E-state index in [1.807, 2.05) is 4.68 Å². The Labute approximate surface area is 117 Å². The minimum Gasteiger partial charge on any atom is -0.301 e. The Morgan fingerprint density at radius 3 is 2.63 bits per heavy atom. The number of fused-ring (bicyclic) bond motifs is 1. The quantitative estimate of drug-likeness (QED) is 0.809. The second-order valence-corrected chi connectivity index (χ2v) is 5.38. The summed E-state index contributed by atoms with van der Waals surface area (Å²) in [5.74, 6) is 0. The maximum Gasteiger partial charge on any atom is 0.224 e.